The number of alkyl halides is 2. The second-order valence-electron chi connectivity index (χ2n) is 4.56. The molecule has 5 nitrogen and oxygen atoms in total. The summed E-state index contributed by atoms with van der Waals surface area (Å²) in [6.07, 6.45) is 0. The lowest BCUT2D eigenvalue weighted by Gasteiger charge is -2.10. The van der Waals surface area contributed by atoms with E-state index in [9.17, 15) is 13.6 Å². The molecule has 0 fully saturated rings. The molecule has 7 heteroatoms. The van der Waals surface area contributed by atoms with Crippen LogP contribution in [0, 0.1) is 0 Å². The molecular formula is C16H16F2N2O3. The molecule has 0 bridgehead atoms. The first-order valence-electron chi connectivity index (χ1n) is 6.79. The van der Waals surface area contributed by atoms with E-state index in [-0.39, 0.29) is 5.75 Å². The van der Waals surface area contributed by atoms with Crippen LogP contribution in [0.4, 0.5) is 19.3 Å². The molecule has 0 unspecified atom stereocenters. The molecule has 2 rings (SSSR count). The van der Waals surface area contributed by atoms with Crippen molar-refractivity contribution < 1.29 is 23.0 Å². The van der Waals surface area contributed by atoms with E-state index in [0.29, 0.717) is 12.2 Å². The number of amides is 2. The van der Waals surface area contributed by atoms with Gasteiger partial charge in [-0.3, -0.25) is 0 Å². The molecule has 0 aliphatic carbocycles. The molecule has 23 heavy (non-hydrogen) atoms. The lowest BCUT2D eigenvalue weighted by molar-refractivity contribution is -0.0497. The summed E-state index contributed by atoms with van der Waals surface area (Å²) in [4.78, 5) is 11.8. The predicted molar refractivity (Wildman–Crippen MR) is 81.9 cm³/mol. The maximum atomic E-state index is 12.1. The standard InChI is InChI=1S/C16H16F2N2O3/c1-22-13-7-5-11(6-8-13)10-19-16(21)20-12-3-2-4-14(9-12)23-15(17)18/h2-9,15H,10H2,1H3,(H2,19,20,21). The van der Waals surface area contributed by atoms with Crippen molar-refractivity contribution in [2.45, 2.75) is 13.2 Å². The monoisotopic (exact) mass is 322 g/mol. The topological polar surface area (TPSA) is 59.6 Å². The molecular weight excluding hydrogens is 306 g/mol. The molecule has 0 aliphatic heterocycles. The molecule has 0 saturated carbocycles. The van der Waals surface area contributed by atoms with Crippen LogP contribution in [0.1, 0.15) is 5.56 Å². The summed E-state index contributed by atoms with van der Waals surface area (Å²) in [6, 6.07) is 12.6. The Hall–Kier alpha value is -2.83. The zero-order valence-corrected chi connectivity index (χ0v) is 12.4. The van der Waals surface area contributed by atoms with Gasteiger partial charge in [0.15, 0.2) is 0 Å². The highest BCUT2D eigenvalue weighted by molar-refractivity contribution is 5.89. The van der Waals surface area contributed by atoms with E-state index in [0.717, 1.165) is 11.3 Å². The average Bonchev–Trinajstić information content (AvgIpc) is 2.53. The van der Waals surface area contributed by atoms with Gasteiger partial charge in [-0.2, -0.15) is 8.78 Å². The molecule has 2 aromatic rings. The highest BCUT2D eigenvalue weighted by Crippen LogP contribution is 2.19. The first kappa shape index (κ1) is 16.5. The van der Waals surface area contributed by atoms with Gasteiger partial charge in [0.25, 0.3) is 0 Å². The van der Waals surface area contributed by atoms with Crippen LogP contribution in [0.5, 0.6) is 11.5 Å². The molecule has 2 amide bonds. The first-order valence-corrected chi connectivity index (χ1v) is 6.79. The van der Waals surface area contributed by atoms with Crippen LogP contribution < -0.4 is 20.1 Å². The van der Waals surface area contributed by atoms with Gasteiger partial charge in [-0.1, -0.05) is 18.2 Å². The van der Waals surface area contributed by atoms with Gasteiger partial charge in [0.2, 0.25) is 0 Å². The summed E-state index contributed by atoms with van der Waals surface area (Å²) >= 11 is 0. The number of benzene rings is 2. The summed E-state index contributed by atoms with van der Waals surface area (Å²) < 4.78 is 33.6. The average molecular weight is 322 g/mol. The highest BCUT2D eigenvalue weighted by Gasteiger charge is 2.06. The van der Waals surface area contributed by atoms with Gasteiger partial charge in [-0.05, 0) is 29.8 Å². The van der Waals surface area contributed by atoms with Crippen LogP contribution in [0.25, 0.3) is 0 Å². The number of hydrogen-bond donors (Lipinski definition) is 2. The van der Waals surface area contributed by atoms with E-state index in [2.05, 4.69) is 15.4 Å². The van der Waals surface area contributed by atoms with Gasteiger partial charge in [0, 0.05) is 18.3 Å². The van der Waals surface area contributed by atoms with Gasteiger partial charge in [-0.15, -0.1) is 0 Å². The Morgan fingerprint density at radius 3 is 2.52 bits per heavy atom. The number of ether oxygens (including phenoxy) is 2. The smallest absolute Gasteiger partial charge is 0.387 e. The lowest BCUT2D eigenvalue weighted by Crippen LogP contribution is -2.28. The van der Waals surface area contributed by atoms with Crippen LogP contribution in [-0.2, 0) is 6.54 Å². The van der Waals surface area contributed by atoms with Crippen molar-refractivity contribution in [3.8, 4) is 11.5 Å². The van der Waals surface area contributed by atoms with E-state index in [4.69, 9.17) is 4.74 Å². The van der Waals surface area contributed by atoms with E-state index in [1.54, 1.807) is 25.3 Å². The minimum atomic E-state index is -2.91. The number of carbonyl (C=O) groups excluding carboxylic acids is 1. The van der Waals surface area contributed by atoms with E-state index in [1.165, 1.54) is 18.2 Å². The normalized spacial score (nSPS) is 10.3. The number of hydrogen-bond acceptors (Lipinski definition) is 3. The molecule has 0 heterocycles. The number of halogens is 2. The minimum Gasteiger partial charge on any atom is -0.497 e. The number of urea groups is 1. The Labute approximate surface area is 132 Å². The van der Waals surface area contributed by atoms with Gasteiger partial charge in [-0.25, -0.2) is 4.79 Å². The lowest BCUT2D eigenvalue weighted by atomic mass is 10.2. The van der Waals surface area contributed by atoms with Gasteiger partial charge >= 0.3 is 12.6 Å². The maximum Gasteiger partial charge on any atom is 0.387 e. The molecule has 0 atom stereocenters. The number of carbonyl (C=O) groups is 1. The third kappa shape index (κ3) is 5.46. The molecule has 0 spiro atoms. The fourth-order valence-electron chi connectivity index (χ4n) is 1.85. The zero-order valence-electron chi connectivity index (χ0n) is 12.4. The number of methoxy groups -OCH3 is 1. The SMILES string of the molecule is COc1ccc(CNC(=O)Nc2cccc(OC(F)F)c2)cc1. The zero-order chi connectivity index (χ0) is 16.7. The van der Waals surface area contributed by atoms with Crippen molar-refractivity contribution in [1.82, 2.24) is 5.32 Å². The van der Waals surface area contributed by atoms with Crippen molar-refractivity contribution in [2.24, 2.45) is 0 Å². The summed E-state index contributed by atoms with van der Waals surface area (Å²) in [5.41, 5.74) is 1.26. The minimum absolute atomic E-state index is 0.0204. The third-order valence-electron chi connectivity index (χ3n) is 2.93. The van der Waals surface area contributed by atoms with E-state index in [1.807, 2.05) is 12.1 Å². The molecule has 2 aromatic carbocycles. The maximum absolute atomic E-state index is 12.1. The quantitative estimate of drug-likeness (QED) is 0.854. The van der Waals surface area contributed by atoms with Crippen molar-refractivity contribution in [3.63, 3.8) is 0 Å². The van der Waals surface area contributed by atoms with Gasteiger partial charge < -0.3 is 20.1 Å². The van der Waals surface area contributed by atoms with Crippen molar-refractivity contribution in [3.05, 3.63) is 54.1 Å². The second kappa shape index (κ2) is 7.98. The summed E-state index contributed by atoms with van der Waals surface area (Å²) in [7, 11) is 1.58. The summed E-state index contributed by atoms with van der Waals surface area (Å²) in [5.74, 6) is 0.710. The van der Waals surface area contributed by atoms with Crippen LogP contribution in [0.3, 0.4) is 0 Å². The fourth-order valence-corrected chi connectivity index (χ4v) is 1.85. The number of rotatable bonds is 6. The summed E-state index contributed by atoms with van der Waals surface area (Å²) in [6.45, 7) is -2.59. The van der Waals surface area contributed by atoms with Gasteiger partial charge in [0.1, 0.15) is 11.5 Å². The largest absolute Gasteiger partial charge is 0.497 e. The Kier molecular flexibility index (Phi) is 5.74. The Balaban J connectivity index is 1.86. The van der Waals surface area contributed by atoms with Crippen molar-refractivity contribution in [2.75, 3.05) is 12.4 Å². The third-order valence-corrected chi connectivity index (χ3v) is 2.93. The summed E-state index contributed by atoms with van der Waals surface area (Å²) in [5, 5.41) is 5.21. The Morgan fingerprint density at radius 2 is 1.87 bits per heavy atom. The second-order valence-corrected chi connectivity index (χ2v) is 4.56. The van der Waals surface area contributed by atoms with E-state index >= 15 is 0 Å². The fraction of sp³-hybridized carbons (Fsp3) is 0.188. The molecule has 2 N–H and O–H groups in total. The molecule has 122 valence electrons. The Bertz CT molecular complexity index is 648. The predicted octanol–water partition coefficient (Wildman–Crippen LogP) is 3.62. The van der Waals surface area contributed by atoms with E-state index < -0.39 is 12.6 Å². The molecule has 0 radical (unpaired) electrons. The number of nitrogens with one attached hydrogen (secondary N) is 2. The number of anilines is 1. The molecule has 0 aliphatic rings. The molecule has 0 aromatic heterocycles. The highest BCUT2D eigenvalue weighted by atomic mass is 19.3. The van der Waals surface area contributed by atoms with Crippen LogP contribution in [0.2, 0.25) is 0 Å². The van der Waals surface area contributed by atoms with Gasteiger partial charge in [0.05, 0.1) is 7.11 Å². The molecule has 0 saturated heterocycles. The first-order chi connectivity index (χ1) is 11.1. The van der Waals surface area contributed by atoms with Crippen molar-refractivity contribution in [1.29, 1.82) is 0 Å². The van der Waals surface area contributed by atoms with Crippen molar-refractivity contribution >= 4 is 11.7 Å². The van der Waals surface area contributed by atoms with Crippen LogP contribution in [0.15, 0.2) is 48.5 Å². The van der Waals surface area contributed by atoms with Crippen LogP contribution in [-0.4, -0.2) is 19.8 Å². The Morgan fingerprint density at radius 1 is 1.13 bits per heavy atom. The van der Waals surface area contributed by atoms with Crippen LogP contribution >= 0.6 is 0 Å².